The maximum atomic E-state index is 9.63. The molecule has 0 fully saturated rings. The highest BCUT2D eigenvalue weighted by molar-refractivity contribution is 5.67. The van der Waals surface area contributed by atoms with Gasteiger partial charge in [0, 0.05) is 25.0 Å². The zero-order valence-corrected chi connectivity index (χ0v) is 12.1. The zero-order chi connectivity index (χ0) is 15.0. The first kappa shape index (κ1) is 13.9. The van der Waals surface area contributed by atoms with E-state index in [0.717, 1.165) is 22.4 Å². The summed E-state index contributed by atoms with van der Waals surface area (Å²) in [5, 5.41) is 18.9. The highest BCUT2D eigenvalue weighted by Gasteiger charge is 2.27. The van der Waals surface area contributed by atoms with Crippen LogP contribution >= 0.6 is 0 Å². The van der Waals surface area contributed by atoms with Crippen LogP contribution in [0.25, 0.3) is 11.1 Å². The van der Waals surface area contributed by atoms with Crippen molar-refractivity contribution in [3.63, 3.8) is 0 Å². The molecular formula is C17H18O4. The lowest BCUT2D eigenvalue weighted by molar-refractivity contribution is -0.180. The van der Waals surface area contributed by atoms with E-state index in [1.165, 1.54) is 0 Å². The van der Waals surface area contributed by atoms with E-state index >= 15 is 0 Å². The third-order valence-corrected chi connectivity index (χ3v) is 3.57. The molecule has 0 aromatic heterocycles. The third kappa shape index (κ3) is 2.73. The topological polar surface area (TPSA) is 58.9 Å². The fourth-order valence-corrected chi connectivity index (χ4v) is 2.41. The van der Waals surface area contributed by atoms with Gasteiger partial charge in [-0.3, -0.25) is 0 Å². The quantitative estimate of drug-likeness (QED) is 0.890. The van der Waals surface area contributed by atoms with E-state index in [1.807, 2.05) is 38.1 Å². The molecule has 4 nitrogen and oxygen atoms in total. The van der Waals surface area contributed by atoms with Gasteiger partial charge in [0.05, 0.1) is 13.2 Å². The van der Waals surface area contributed by atoms with Crippen molar-refractivity contribution in [1.82, 2.24) is 0 Å². The Bertz CT molecular complexity index is 676. The van der Waals surface area contributed by atoms with Crippen LogP contribution in [0.2, 0.25) is 0 Å². The Balaban J connectivity index is 1.98. The lowest BCUT2D eigenvalue weighted by atomic mass is 10.00. The summed E-state index contributed by atoms with van der Waals surface area (Å²) < 4.78 is 11.4. The second-order valence-corrected chi connectivity index (χ2v) is 5.61. The molecule has 4 heteroatoms. The maximum Gasteiger partial charge on any atom is 0.205 e. The highest BCUT2D eigenvalue weighted by Crippen LogP contribution is 2.35. The average Bonchev–Trinajstić information content (AvgIpc) is 2.46. The van der Waals surface area contributed by atoms with E-state index in [0.29, 0.717) is 12.2 Å². The number of ether oxygens (including phenoxy) is 2. The van der Waals surface area contributed by atoms with E-state index in [-0.39, 0.29) is 12.4 Å². The van der Waals surface area contributed by atoms with Crippen molar-refractivity contribution in [2.45, 2.75) is 32.8 Å². The van der Waals surface area contributed by atoms with Crippen molar-refractivity contribution in [3.8, 4) is 22.6 Å². The number of rotatable bonds is 2. The molecule has 110 valence electrons. The summed E-state index contributed by atoms with van der Waals surface area (Å²) in [5.74, 6) is 0.334. The molecule has 1 aliphatic rings. The molecule has 0 spiro atoms. The van der Waals surface area contributed by atoms with Crippen LogP contribution in [0.1, 0.15) is 25.0 Å². The standard InChI is InChI=1S/C17H18O4/c1-17(2)20-10-14-8-12(4-6-16(14)21-17)11-3-5-15(19)13(7-11)9-18/h3-8,18-19H,9-10H2,1-2H3. The second kappa shape index (κ2) is 5.06. The Morgan fingerprint density at radius 3 is 2.57 bits per heavy atom. The Morgan fingerprint density at radius 1 is 1.10 bits per heavy atom. The van der Waals surface area contributed by atoms with Gasteiger partial charge in [-0.2, -0.15) is 0 Å². The summed E-state index contributed by atoms with van der Waals surface area (Å²) in [6, 6.07) is 11.1. The van der Waals surface area contributed by atoms with Crippen LogP contribution in [0.15, 0.2) is 36.4 Å². The molecule has 0 amide bonds. The van der Waals surface area contributed by atoms with Crippen molar-refractivity contribution >= 4 is 0 Å². The monoisotopic (exact) mass is 286 g/mol. The summed E-state index contributed by atoms with van der Waals surface area (Å²) in [4.78, 5) is 0. The zero-order valence-electron chi connectivity index (χ0n) is 12.1. The van der Waals surface area contributed by atoms with Gasteiger partial charge in [0.15, 0.2) is 0 Å². The SMILES string of the molecule is CC1(C)OCc2cc(-c3ccc(O)c(CO)c3)ccc2O1. The minimum absolute atomic E-state index is 0.104. The number of aliphatic hydroxyl groups excluding tert-OH is 1. The first-order chi connectivity index (χ1) is 9.98. The Hall–Kier alpha value is -2.04. The van der Waals surface area contributed by atoms with Gasteiger partial charge in [-0.05, 0) is 35.4 Å². The van der Waals surface area contributed by atoms with Gasteiger partial charge in [-0.15, -0.1) is 0 Å². The van der Waals surface area contributed by atoms with Gasteiger partial charge in [-0.1, -0.05) is 12.1 Å². The fraction of sp³-hybridized carbons (Fsp3) is 0.294. The van der Waals surface area contributed by atoms with Gasteiger partial charge >= 0.3 is 0 Å². The number of phenols is 1. The van der Waals surface area contributed by atoms with Gasteiger partial charge in [0.2, 0.25) is 5.79 Å². The van der Waals surface area contributed by atoms with Crippen molar-refractivity contribution in [3.05, 3.63) is 47.5 Å². The molecule has 1 heterocycles. The van der Waals surface area contributed by atoms with Crippen LogP contribution < -0.4 is 4.74 Å². The van der Waals surface area contributed by atoms with Gasteiger partial charge < -0.3 is 19.7 Å². The molecule has 2 aromatic carbocycles. The molecule has 0 aliphatic carbocycles. The lowest BCUT2D eigenvalue weighted by Gasteiger charge is -2.32. The highest BCUT2D eigenvalue weighted by atomic mass is 16.7. The molecule has 3 rings (SSSR count). The first-order valence-corrected chi connectivity index (χ1v) is 6.87. The van der Waals surface area contributed by atoms with Crippen molar-refractivity contribution in [2.24, 2.45) is 0 Å². The molecule has 0 radical (unpaired) electrons. The van der Waals surface area contributed by atoms with Crippen molar-refractivity contribution in [2.75, 3.05) is 0 Å². The summed E-state index contributed by atoms with van der Waals surface area (Å²) in [6.45, 7) is 4.08. The second-order valence-electron chi connectivity index (χ2n) is 5.61. The summed E-state index contributed by atoms with van der Waals surface area (Å²) in [5.41, 5.74) is 3.43. The van der Waals surface area contributed by atoms with Crippen molar-refractivity contribution in [1.29, 1.82) is 0 Å². The lowest BCUT2D eigenvalue weighted by Crippen LogP contribution is -2.35. The molecule has 21 heavy (non-hydrogen) atoms. The van der Waals surface area contributed by atoms with Gasteiger partial charge in [0.25, 0.3) is 0 Å². The molecule has 0 atom stereocenters. The summed E-state index contributed by atoms with van der Waals surface area (Å²) >= 11 is 0. The predicted octanol–water partition coefficient (Wildman–Crippen LogP) is 3.20. The fourth-order valence-electron chi connectivity index (χ4n) is 2.41. The summed E-state index contributed by atoms with van der Waals surface area (Å²) in [6.07, 6.45) is 0. The number of aromatic hydroxyl groups is 1. The van der Waals surface area contributed by atoms with Crippen LogP contribution in [-0.2, 0) is 18.0 Å². The molecule has 0 bridgehead atoms. The first-order valence-electron chi connectivity index (χ1n) is 6.87. The molecular weight excluding hydrogens is 268 g/mol. The van der Waals surface area contributed by atoms with Gasteiger partial charge in [-0.25, -0.2) is 0 Å². The van der Waals surface area contributed by atoms with Crippen LogP contribution in [0.3, 0.4) is 0 Å². The van der Waals surface area contributed by atoms with E-state index in [9.17, 15) is 10.2 Å². The van der Waals surface area contributed by atoms with E-state index < -0.39 is 5.79 Å². The summed E-state index contributed by atoms with van der Waals surface area (Å²) in [7, 11) is 0. The molecule has 1 aliphatic heterocycles. The van der Waals surface area contributed by atoms with Gasteiger partial charge in [0.1, 0.15) is 11.5 Å². The number of hydrogen-bond donors (Lipinski definition) is 2. The van der Waals surface area contributed by atoms with E-state index in [2.05, 4.69) is 0 Å². The Kier molecular flexibility index (Phi) is 3.35. The van der Waals surface area contributed by atoms with Crippen molar-refractivity contribution < 1.29 is 19.7 Å². The molecule has 2 aromatic rings. The molecule has 2 N–H and O–H groups in total. The predicted molar refractivity (Wildman–Crippen MR) is 79.0 cm³/mol. The van der Waals surface area contributed by atoms with Crippen LogP contribution in [0.5, 0.6) is 11.5 Å². The third-order valence-electron chi connectivity index (χ3n) is 3.57. The molecule has 0 saturated carbocycles. The average molecular weight is 286 g/mol. The number of benzene rings is 2. The normalized spacial score (nSPS) is 16.1. The van der Waals surface area contributed by atoms with Crippen LogP contribution in [0.4, 0.5) is 0 Å². The van der Waals surface area contributed by atoms with E-state index in [4.69, 9.17) is 9.47 Å². The van der Waals surface area contributed by atoms with Crippen LogP contribution in [0, 0.1) is 0 Å². The van der Waals surface area contributed by atoms with E-state index in [1.54, 1.807) is 12.1 Å². The Morgan fingerprint density at radius 2 is 1.81 bits per heavy atom. The molecule has 0 unspecified atom stereocenters. The minimum atomic E-state index is -0.600. The Labute approximate surface area is 123 Å². The minimum Gasteiger partial charge on any atom is -0.508 e. The number of aliphatic hydroxyl groups is 1. The molecule has 0 saturated heterocycles. The maximum absolute atomic E-state index is 9.63. The number of fused-ring (bicyclic) bond motifs is 1. The number of hydrogen-bond acceptors (Lipinski definition) is 4. The largest absolute Gasteiger partial charge is 0.508 e. The smallest absolute Gasteiger partial charge is 0.205 e. The van der Waals surface area contributed by atoms with Crippen LogP contribution in [-0.4, -0.2) is 16.0 Å².